The van der Waals surface area contributed by atoms with Crippen LogP contribution in [0.25, 0.3) is 5.69 Å². The first-order valence-electron chi connectivity index (χ1n) is 11.6. The Morgan fingerprint density at radius 3 is 2.41 bits per heavy atom. The van der Waals surface area contributed by atoms with Crippen molar-refractivity contribution < 1.29 is 23.1 Å². The molecule has 1 heterocycles. The number of aromatic nitrogens is 2. The molecule has 0 bridgehead atoms. The van der Waals surface area contributed by atoms with Crippen LogP contribution in [0.15, 0.2) is 84.9 Å². The van der Waals surface area contributed by atoms with Crippen molar-refractivity contribution in [2.45, 2.75) is 18.8 Å². The van der Waals surface area contributed by atoms with Crippen LogP contribution in [0.2, 0.25) is 0 Å². The number of nitrogens with two attached hydrogens (primary N) is 1. The van der Waals surface area contributed by atoms with Gasteiger partial charge in [0.2, 0.25) is 0 Å². The predicted octanol–water partition coefficient (Wildman–Crippen LogP) is 4.27. The molecule has 5 N–H and O–H groups in total. The van der Waals surface area contributed by atoms with Gasteiger partial charge in [-0.05, 0) is 41.0 Å². The monoisotopic (exact) mass is 509 g/mol. The smallest absolute Gasteiger partial charge is 0.395 e. The lowest BCUT2D eigenvalue weighted by Crippen LogP contribution is -2.25. The molecule has 7 nitrogen and oxygen atoms in total. The molecule has 0 fully saturated rings. The summed E-state index contributed by atoms with van der Waals surface area (Å²) in [7, 11) is 0. The Morgan fingerprint density at radius 2 is 1.70 bits per heavy atom. The Kier molecular flexibility index (Phi) is 8.02. The number of hydrogen-bond acceptors (Lipinski definition) is 5. The first kappa shape index (κ1) is 26.1. The van der Waals surface area contributed by atoms with Crippen LogP contribution in [0.1, 0.15) is 38.9 Å². The Labute approximate surface area is 211 Å². The lowest BCUT2D eigenvalue weighted by atomic mass is 9.98. The second-order valence-electron chi connectivity index (χ2n) is 8.30. The van der Waals surface area contributed by atoms with Crippen LogP contribution < -0.4 is 16.4 Å². The average molecular weight is 510 g/mol. The highest BCUT2D eigenvalue weighted by molar-refractivity contribution is 6.03. The average Bonchev–Trinajstić information content (AvgIpc) is 3.37. The molecule has 1 atom stereocenters. The number of halogens is 3. The molecule has 192 valence electrons. The third-order valence-corrected chi connectivity index (χ3v) is 5.69. The van der Waals surface area contributed by atoms with Gasteiger partial charge in [0.25, 0.3) is 5.91 Å². The minimum atomic E-state index is -4.73. The van der Waals surface area contributed by atoms with Crippen LogP contribution in [-0.4, -0.2) is 33.9 Å². The molecule has 10 heteroatoms. The van der Waals surface area contributed by atoms with Crippen LogP contribution in [0.5, 0.6) is 0 Å². The maximum Gasteiger partial charge on any atom is 0.435 e. The van der Waals surface area contributed by atoms with Crippen molar-refractivity contribution in [3.05, 3.63) is 113 Å². The second-order valence-corrected chi connectivity index (χ2v) is 8.30. The number of rotatable bonds is 9. The van der Waals surface area contributed by atoms with Crippen LogP contribution in [0, 0.1) is 0 Å². The highest BCUT2D eigenvalue weighted by Gasteiger charge is 2.36. The molecular weight excluding hydrogens is 483 g/mol. The highest BCUT2D eigenvalue weighted by Crippen LogP contribution is 2.30. The molecule has 1 aromatic heterocycles. The first-order valence-corrected chi connectivity index (χ1v) is 11.6. The fraction of sp³-hybridized carbons (Fsp3) is 0.185. The minimum absolute atomic E-state index is 0.0589. The quantitative estimate of drug-likeness (QED) is 0.270. The van der Waals surface area contributed by atoms with Crippen LogP contribution in [0.3, 0.4) is 0 Å². The molecule has 0 saturated carbocycles. The van der Waals surface area contributed by atoms with Gasteiger partial charge in [-0.2, -0.15) is 18.3 Å². The number of amides is 1. The van der Waals surface area contributed by atoms with Crippen molar-refractivity contribution in [3.63, 3.8) is 0 Å². The maximum atomic E-state index is 13.5. The Bertz CT molecular complexity index is 1360. The van der Waals surface area contributed by atoms with Crippen molar-refractivity contribution in [2.75, 3.05) is 18.5 Å². The van der Waals surface area contributed by atoms with Gasteiger partial charge in [0.05, 0.1) is 18.3 Å². The summed E-state index contributed by atoms with van der Waals surface area (Å²) in [5, 5.41) is 18.9. The number of aliphatic hydroxyl groups excluding tert-OH is 1. The summed E-state index contributed by atoms with van der Waals surface area (Å²) in [6.07, 6.45) is -4.73. The number of aliphatic hydroxyl groups is 1. The topological polar surface area (TPSA) is 105 Å². The van der Waals surface area contributed by atoms with Gasteiger partial charge in [-0.1, -0.05) is 54.6 Å². The van der Waals surface area contributed by atoms with E-state index in [1.54, 1.807) is 42.5 Å². The Hall–Kier alpha value is -3.99. The van der Waals surface area contributed by atoms with Gasteiger partial charge in [0.1, 0.15) is 5.69 Å². The molecule has 4 rings (SSSR count). The molecule has 4 aromatic rings. The number of anilines is 1. The van der Waals surface area contributed by atoms with E-state index in [9.17, 15) is 23.1 Å². The van der Waals surface area contributed by atoms with E-state index in [-0.39, 0.29) is 30.6 Å². The van der Waals surface area contributed by atoms with Gasteiger partial charge in [-0.15, -0.1) is 0 Å². The summed E-state index contributed by atoms with van der Waals surface area (Å²) in [4.78, 5) is 13.2. The zero-order valence-electron chi connectivity index (χ0n) is 19.7. The minimum Gasteiger partial charge on any atom is -0.395 e. The molecule has 0 aliphatic rings. The zero-order valence-corrected chi connectivity index (χ0v) is 19.7. The molecule has 0 aliphatic heterocycles. The van der Waals surface area contributed by atoms with Gasteiger partial charge in [0, 0.05) is 24.8 Å². The van der Waals surface area contributed by atoms with Crippen molar-refractivity contribution in [1.82, 2.24) is 15.1 Å². The summed E-state index contributed by atoms with van der Waals surface area (Å²) >= 11 is 0. The fourth-order valence-corrected chi connectivity index (χ4v) is 3.97. The second kappa shape index (κ2) is 11.4. The number of nitrogens with one attached hydrogen (secondary N) is 2. The molecule has 3 aromatic carbocycles. The molecule has 0 spiro atoms. The van der Waals surface area contributed by atoms with Gasteiger partial charge in [-0.25, -0.2) is 4.68 Å². The lowest BCUT2D eigenvalue weighted by Gasteiger charge is -2.20. The zero-order chi connectivity index (χ0) is 26.4. The predicted molar refractivity (Wildman–Crippen MR) is 134 cm³/mol. The molecule has 0 aliphatic carbocycles. The number of carbonyl (C=O) groups is 1. The number of alkyl halides is 3. The Balaban J connectivity index is 1.67. The van der Waals surface area contributed by atoms with E-state index >= 15 is 0 Å². The van der Waals surface area contributed by atoms with Crippen LogP contribution >= 0.6 is 0 Å². The van der Waals surface area contributed by atoms with Gasteiger partial charge < -0.3 is 21.5 Å². The summed E-state index contributed by atoms with van der Waals surface area (Å²) in [5.74, 6) is -0.752. The van der Waals surface area contributed by atoms with Crippen molar-refractivity contribution >= 4 is 11.6 Å². The normalized spacial score (nSPS) is 12.4. The van der Waals surface area contributed by atoms with E-state index in [1.165, 1.54) is 0 Å². The highest BCUT2D eigenvalue weighted by atomic mass is 19.4. The van der Waals surface area contributed by atoms with E-state index in [1.807, 2.05) is 36.4 Å². The van der Waals surface area contributed by atoms with E-state index in [0.717, 1.165) is 21.9 Å². The van der Waals surface area contributed by atoms with Gasteiger partial charge in [-0.3, -0.25) is 4.79 Å². The molecule has 0 saturated heterocycles. The summed E-state index contributed by atoms with van der Waals surface area (Å²) in [5.41, 5.74) is 7.34. The lowest BCUT2D eigenvalue weighted by molar-refractivity contribution is -0.141. The SMILES string of the molecule is NCc1cccc(-n2nc(C(F)(F)F)cc2C(=O)Nc2cccc(C(NCCO)c3ccccc3)c2)c1. The standard InChI is InChI=1S/C27H26F3N5O2/c28-27(29,30)24-16-23(35(34-24)22-11-4-6-18(14-22)17-31)26(37)33-21-10-5-9-20(15-21)25(32-12-13-36)19-7-2-1-3-8-19/h1-11,14-16,25,32,36H,12-13,17,31H2,(H,33,37). The Morgan fingerprint density at radius 1 is 0.973 bits per heavy atom. The molecule has 1 unspecified atom stereocenters. The summed E-state index contributed by atoms with van der Waals surface area (Å²) in [6.45, 7) is 0.469. The largest absolute Gasteiger partial charge is 0.435 e. The van der Waals surface area contributed by atoms with E-state index < -0.39 is 17.8 Å². The summed E-state index contributed by atoms with van der Waals surface area (Å²) in [6, 6.07) is 23.5. The number of nitrogens with zero attached hydrogens (tertiary/aromatic N) is 2. The summed E-state index contributed by atoms with van der Waals surface area (Å²) < 4.78 is 41.4. The van der Waals surface area contributed by atoms with Crippen molar-refractivity contribution in [1.29, 1.82) is 0 Å². The van der Waals surface area contributed by atoms with E-state index in [4.69, 9.17) is 5.73 Å². The fourth-order valence-electron chi connectivity index (χ4n) is 3.97. The van der Waals surface area contributed by atoms with Crippen molar-refractivity contribution in [2.24, 2.45) is 5.73 Å². The van der Waals surface area contributed by atoms with Gasteiger partial charge >= 0.3 is 6.18 Å². The van der Waals surface area contributed by atoms with Crippen molar-refractivity contribution in [3.8, 4) is 5.69 Å². The number of benzene rings is 3. The molecule has 0 radical (unpaired) electrons. The van der Waals surface area contributed by atoms with Crippen LogP contribution in [-0.2, 0) is 12.7 Å². The number of hydrogen-bond donors (Lipinski definition) is 4. The van der Waals surface area contributed by atoms with E-state index in [2.05, 4.69) is 15.7 Å². The molecule has 37 heavy (non-hydrogen) atoms. The van der Waals surface area contributed by atoms with Gasteiger partial charge in [0.15, 0.2) is 5.69 Å². The third-order valence-electron chi connectivity index (χ3n) is 5.69. The maximum absolute atomic E-state index is 13.5. The number of carbonyl (C=O) groups excluding carboxylic acids is 1. The third kappa shape index (κ3) is 6.23. The van der Waals surface area contributed by atoms with Crippen LogP contribution in [0.4, 0.5) is 18.9 Å². The molecule has 1 amide bonds. The van der Waals surface area contributed by atoms with E-state index in [0.29, 0.717) is 17.8 Å². The first-order chi connectivity index (χ1) is 17.8. The molecular formula is C27H26F3N5O2.